The minimum Gasteiger partial charge on any atom is -0.497 e. The molecule has 0 spiro atoms. The SMILES string of the molecule is C=C[C@H]1CN2CC[C@H]1C[C@H]2[C@H](OC(=O)Nc1c(C(C)(C)C)cccc1C(C)(C)C)c1ccnc2ccc(OC)cc12. The number of amides is 1. The predicted octanol–water partition coefficient (Wildman–Crippen LogP) is 8.02. The van der Waals surface area contributed by atoms with Crippen molar-refractivity contribution < 1.29 is 14.3 Å². The van der Waals surface area contributed by atoms with Crippen LogP contribution in [0.3, 0.4) is 0 Å². The number of pyridine rings is 1. The van der Waals surface area contributed by atoms with Gasteiger partial charge in [0, 0.05) is 23.7 Å². The summed E-state index contributed by atoms with van der Waals surface area (Å²) in [6.45, 7) is 19.1. The lowest BCUT2D eigenvalue weighted by Gasteiger charge is -2.51. The molecule has 0 radical (unpaired) electrons. The highest BCUT2D eigenvalue weighted by Crippen LogP contribution is 2.44. The summed E-state index contributed by atoms with van der Waals surface area (Å²) >= 11 is 0. The highest BCUT2D eigenvalue weighted by Gasteiger charge is 2.44. The normalized spacial score (nSPS) is 23.2. The molecule has 5 atom stereocenters. The molecular formula is C35H45N3O3. The number of para-hydroxylation sites is 1. The van der Waals surface area contributed by atoms with Crippen LogP contribution in [0.4, 0.5) is 10.5 Å². The topological polar surface area (TPSA) is 63.7 Å². The molecule has 3 aliphatic rings. The molecule has 2 aromatic carbocycles. The Morgan fingerprint density at radius 2 is 1.80 bits per heavy atom. The molecule has 41 heavy (non-hydrogen) atoms. The van der Waals surface area contributed by atoms with Gasteiger partial charge >= 0.3 is 6.09 Å². The number of carbonyl (C=O) groups is 1. The van der Waals surface area contributed by atoms with E-state index in [1.54, 1.807) is 7.11 Å². The van der Waals surface area contributed by atoms with Gasteiger partial charge in [0.25, 0.3) is 0 Å². The molecule has 3 fully saturated rings. The van der Waals surface area contributed by atoms with E-state index < -0.39 is 12.2 Å². The number of methoxy groups -OCH3 is 1. The lowest BCUT2D eigenvalue weighted by molar-refractivity contribution is -0.0473. The average molecular weight is 556 g/mol. The van der Waals surface area contributed by atoms with Crippen LogP contribution in [0.5, 0.6) is 5.75 Å². The molecule has 1 unspecified atom stereocenters. The maximum Gasteiger partial charge on any atom is 0.412 e. The van der Waals surface area contributed by atoms with Crippen molar-refractivity contribution in [3.8, 4) is 5.75 Å². The van der Waals surface area contributed by atoms with E-state index in [1.807, 2.05) is 30.5 Å². The lowest BCUT2D eigenvalue weighted by Crippen LogP contribution is -2.55. The summed E-state index contributed by atoms with van der Waals surface area (Å²) < 4.78 is 12.1. The Bertz CT molecular complexity index is 1400. The fourth-order valence-electron chi connectivity index (χ4n) is 6.75. The third-order valence-electron chi connectivity index (χ3n) is 8.93. The van der Waals surface area contributed by atoms with E-state index in [0.29, 0.717) is 11.8 Å². The predicted molar refractivity (Wildman–Crippen MR) is 167 cm³/mol. The second kappa shape index (κ2) is 11.1. The molecule has 6 heteroatoms. The lowest BCUT2D eigenvalue weighted by atomic mass is 9.73. The van der Waals surface area contributed by atoms with Crippen molar-refractivity contribution in [2.24, 2.45) is 11.8 Å². The van der Waals surface area contributed by atoms with Crippen LogP contribution >= 0.6 is 0 Å². The van der Waals surface area contributed by atoms with Gasteiger partial charge in [-0.2, -0.15) is 0 Å². The Hall–Kier alpha value is -3.38. The molecular weight excluding hydrogens is 510 g/mol. The molecule has 0 aliphatic carbocycles. The number of hydrogen-bond donors (Lipinski definition) is 1. The summed E-state index contributed by atoms with van der Waals surface area (Å²) in [6, 6.07) is 14.2. The first-order chi connectivity index (χ1) is 19.4. The highest BCUT2D eigenvalue weighted by molar-refractivity contribution is 5.89. The quantitative estimate of drug-likeness (QED) is 0.312. The first-order valence-electron chi connectivity index (χ1n) is 14.8. The number of anilines is 1. The summed E-state index contributed by atoms with van der Waals surface area (Å²) in [5.74, 6) is 1.76. The van der Waals surface area contributed by atoms with Gasteiger partial charge in [-0.1, -0.05) is 65.8 Å². The molecule has 6 rings (SSSR count). The molecule has 1 N–H and O–H groups in total. The second-order valence-electron chi connectivity index (χ2n) is 13.7. The fourth-order valence-corrected chi connectivity index (χ4v) is 6.75. The van der Waals surface area contributed by atoms with E-state index in [-0.39, 0.29) is 16.9 Å². The number of rotatable bonds is 6. The third kappa shape index (κ3) is 5.85. The number of fused-ring (bicyclic) bond motifs is 4. The summed E-state index contributed by atoms with van der Waals surface area (Å²) in [6.07, 6.45) is 5.10. The first kappa shape index (κ1) is 29.1. The van der Waals surface area contributed by atoms with Crippen molar-refractivity contribution >= 4 is 22.7 Å². The van der Waals surface area contributed by atoms with Gasteiger partial charge < -0.3 is 9.47 Å². The number of ether oxygens (including phenoxy) is 2. The number of carbonyl (C=O) groups excluding carboxylic acids is 1. The van der Waals surface area contributed by atoms with Crippen molar-refractivity contribution in [2.45, 2.75) is 77.4 Å². The van der Waals surface area contributed by atoms with Crippen molar-refractivity contribution in [1.29, 1.82) is 0 Å². The largest absolute Gasteiger partial charge is 0.497 e. The molecule has 218 valence electrons. The fraction of sp³-hybridized carbons (Fsp3) is 0.486. The summed E-state index contributed by atoms with van der Waals surface area (Å²) in [5, 5.41) is 4.17. The number of benzene rings is 2. The third-order valence-corrected chi connectivity index (χ3v) is 8.93. The van der Waals surface area contributed by atoms with Gasteiger partial charge in [-0.3, -0.25) is 15.2 Å². The molecule has 1 amide bonds. The summed E-state index contributed by atoms with van der Waals surface area (Å²) in [7, 11) is 1.67. The van der Waals surface area contributed by atoms with Gasteiger partial charge in [-0.25, -0.2) is 4.79 Å². The van der Waals surface area contributed by atoms with E-state index in [4.69, 9.17) is 9.47 Å². The molecule has 4 heterocycles. The molecule has 3 aromatic rings. The zero-order valence-electron chi connectivity index (χ0n) is 25.7. The van der Waals surface area contributed by atoms with Crippen LogP contribution in [0.25, 0.3) is 10.9 Å². The highest BCUT2D eigenvalue weighted by atomic mass is 16.6. The standard InChI is InChI=1S/C35H45N3O3/c1-9-22-21-38-18-16-23(22)19-30(38)32(25-15-17-36-29-14-13-24(40-8)20-26(25)29)41-33(39)37-31-27(34(2,3)4)11-10-12-28(31)35(5,6)7/h9-15,17,20,22-23,30,32H,1,16,18-19,21H2,2-8H3,(H,37,39)/t22-,23-,30-,32+/m0/s1. The second-order valence-corrected chi connectivity index (χ2v) is 13.7. The van der Waals surface area contributed by atoms with Gasteiger partial charge in [-0.15, -0.1) is 6.58 Å². The van der Waals surface area contributed by atoms with Crippen LogP contribution in [-0.4, -0.2) is 42.2 Å². The average Bonchev–Trinajstić information content (AvgIpc) is 2.94. The van der Waals surface area contributed by atoms with Gasteiger partial charge in [-0.05, 0) is 77.4 Å². The zero-order chi connectivity index (χ0) is 29.5. The minimum atomic E-state index is -0.471. The number of nitrogens with one attached hydrogen (secondary N) is 1. The van der Waals surface area contributed by atoms with Crippen LogP contribution in [-0.2, 0) is 15.6 Å². The molecule has 2 bridgehead atoms. The Balaban J connectivity index is 1.56. The van der Waals surface area contributed by atoms with E-state index in [1.165, 1.54) is 0 Å². The van der Waals surface area contributed by atoms with Crippen molar-refractivity contribution in [3.05, 3.63) is 78.0 Å². The minimum absolute atomic E-state index is 0.0625. The van der Waals surface area contributed by atoms with Gasteiger partial charge in [0.2, 0.25) is 0 Å². The number of aromatic nitrogens is 1. The maximum atomic E-state index is 14.0. The first-order valence-corrected chi connectivity index (χ1v) is 14.8. The van der Waals surface area contributed by atoms with Gasteiger partial charge in [0.1, 0.15) is 11.9 Å². The molecule has 3 saturated heterocycles. The van der Waals surface area contributed by atoms with Crippen molar-refractivity contribution in [1.82, 2.24) is 9.88 Å². The van der Waals surface area contributed by atoms with Crippen LogP contribution < -0.4 is 10.1 Å². The van der Waals surface area contributed by atoms with Crippen LogP contribution in [0.2, 0.25) is 0 Å². The van der Waals surface area contributed by atoms with Crippen LogP contribution in [0.15, 0.2) is 61.3 Å². The number of hydrogen-bond acceptors (Lipinski definition) is 5. The zero-order valence-corrected chi connectivity index (χ0v) is 25.7. The van der Waals surface area contributed by atoms with E-state index >= 15 is 0 Å². The molecule has 0 saturated carbocycles. The van der Waals surface area contributed by atoms with Crippen LogP contribution in [0, 0.1) is 11.8 Å². The van der Waals surface area contributed by atoms with Crippen molar-refractivity contribution in [2.75, 3.05) is 25.5 Å². The Morgan fingerprint density at radius 1 is 1.10 bits per heavy atom. The van der Waals surface area contributed by atoms with Gasteiger partial charge in [0.15, 0.2) is 0 Å². The number of piperidine rings is 3. The summed E-state index contributed by atoms with van der Waals surface area (Å²) in [5.41, 5.74) is 4.51. The Kier molecular flexibility index (Phi) is 7.90. The van der Waals surface area contributed by atoms with Crippen molar-refractivity contribution in [3.63, 3.8) is 0 Å². The van der Waals surface area contributed by atoms with E-state index in [2.05, 4.69) is 87.6 Å². The smallest absolute Gasteiger partial charge is 0.412 e. The molecule has 6 nitrogen and oxygen atoms in total. The molecule has 1 aromatic heterocycles. The maximum absolute atomic E-state index is 14.0. The van der Waals surface area contributed by atoms with Gasteiger partial charge in [0.05, 0.1) is 24.4 Å². The van der Waals surface area contributed by atoms with E-state index in [9.17, 15) is 4.79 Å². The van der Waals surface area contributed by atoms with Crippen LogP contribution in [0.1, 0.15) is 77.2 Å². The van der Waals surface area contributed by atoms with E-state index in [0.717, 1.165) is 65.0 Å². The Morgan fingerprint density at radius 3 is 2.39 bits per heavy atom. The summed E-state index contributed by atoms with van der Waals surface area (Å²) in [4.78, 5) is 21.1. The monoisotopic (exact) mass is 555 g/mol. The number of nitrogens with zero attached hydrogens (tertiary/aromatic N) is 2. The Labute approximate surface area is 245 Å². The molecule has 3 aliphatic heterocycles.